The van der Waals surface area contributed by atoms with Gasteiger partial charge in [0.1, 0.15) is 21.5 Å². The number of carbonyl (C=O) groups excluding carboxylic acids is 1. The normalized spacial score (nSPS) is 23.1. The summed E-state index contributed by atoms with van der Waals surface area (Å²) >= 11 is 1.18. The number of amides is 1. The topological polar surface area (TPSA) is 105 Å². The minimum absolute atomic E-state index is 0.0654. The molecule has 2 atom stereocenters. The summed E-state index contributed by atoms with van der Waals surface area (Å²) in [6.45, 7) is 5.27. The van der Waals surface area contributed by atoms with Gasteiger partial charge in [-0.1, -0.05) is 0 Å². The number of rotatable bonds is 2. The third kappa shape index (κ3) is 2.50. The molecule has 0 spiro atoms. The molecule has 0 bridgehead atoms. The van der Waals surface area contributed by atoms with Gasteiger partial charge in [-0.05, 0) is 13.8 Å². The van der Waals surface area contributed by atoms with E-state index in [-0.39, 0.29) is 22.8 Å². The molecule has 19 heavy (non-hydrogen) atoms. The molecule has 2 heterocycles. The number of hydrogen-bond donors (Lipinski definition) is 2. The maximum atomic E-state index is 11.3. The molecule has 1 aromatic heterocycles. The van der Waals surface area contributed by atoms with Gasteiger partial charge < -0.3 is 21.1 Å². The molecule has 0 unspecified atom stereocenters. The monoisotopic (exact) mass is 280 g/mol. The number of nitrogens with zero attached hydrogens (tertiary/aromatic N) is 2. The van der Waals surface area contributed by atoms with Gasteiger partial charge in [0.2, 0.25) is 0 Å². The lowest BCUT2D eigenvalue weighted by molar-refractivity contribution is -0.00501. The predicted octanol–water partition coefficient (Wildman–Crippen LogP) is 0.914. The van der Waals surface area contributed by atoms with Crippen molar-refractivity contribution in [2.45, 2.75) is 26.1 Å². The Hall–Kier alpha value is -1.78. The summed E-state index contributed by atoms with van der Waals surface area (Å²) in [6, 6.07) is 2.06. The molecule has 1 amide bonds. The van der Waals surface area contributed by atoms with Crippen molar-refractivity contribution in [1.82, 2.24) is 0 Å². The Bertz CT molecular complexity index is 539. The number of nitrogen functional groups attached to an aromatic ring is 1. The van der Waals surface area contributed by atoms with Gasteiger partial charge in [-0.3, -0.25) is 4.79 Å². The van der Waals surface area contributed by atoms with Crippen LogP contribution in [0.1, 0.15) is 29.1 Å². The Morgan fingerprint density at radius 3 is 2.53 bits per heavy atom. The van der Waals surface area contributed by atoms with Crippen molar-refractivity contribution in [2.24, 2.45) is 5.73 Å². The zero-order valence-corrected chi connectivity index (χ0v) is 11.7. The highest BCUT2D eigenvalue weighted by Crippen LogP contribution is 2.38. The van der Waals surface area contributed by atoms with E-state index in [9.17, 15) is 10.1 Å². The Kier molecular flexibility index (Phi) is 3.64. The second-order valence-electron chi connectivity index (χ2n) is 4.66. The Morgan fingerprint density at radius 1 is 1.47 bits per heavy atom. The standard InChI is InChI=1S/C12H16N4O2S/c1-6-4-16(5-7(2)18-6)12-8(3-13)9(14)10(19-12)11(15)17/h6-7H,4-5,14H2,1-2H3,(H2,15,17)/t6-,7+. The molecule has 1 fully saturated rings. The first-order valence-corrected chi connectivity index (χ1v) is 6.78. The zero-order chi connectivity index (χ0) is 14.2. The summed E-state index contributed by atoms with van der Waals surface area (Å²) < 4.78 is 5.65. The first-order valence-electron chi connectivity index (χ1n) is 5.96. The number of morpholine rings is 1. The number of nitrogens with two attached hydrogens (primary N) is 2. The molecule has 2 rings (SSSR count). The van der Waals surface area contributed by atoms with Crippen molar-refractivity contribution in [2.75, 3.05) is 23.7 Å². The molecule has 0 aromatic carbocycles. The van der Waals surface area contributed by atoms with Crippen LogP contribution < -0.4 is 16.4 Å². The quantitative estimate of drug-likeness (QED) is 0.837. The van der Waals surface area contributed by atoms with Gasteiger partial charge in [-0.15, -0.1) is 11.3 Å². The molecule has 7 heteroatoms. The summed E-state index contributed by atoms with van der Waals surface area (Å²) in [5, 5.41) is 9.93. The van der Waals surface area contributed by atoms with E-state index in [0.717, 1.165) is 0 Å². The van der Waals surface area contributed by atoms with Crippen molar-refractivity contribution >= 4 is 27.9 Å². The van der Waals surface area contributed by atoms with Crippen molar-refractivity contribution in [3.63, 3.8) is 0 Å². The van der Waals surface area contributed by atoms with Crippen LogP contribution in [0.25, 0.3) is 0 Å². The zero-order valence-electron chi connectivity index (χ0n) is 10.8. The first-order chi connectivity index (χ1) is 8.93. The van der Waals surface area contributed by atoms with Gasteiger partial charge in [0.25, 0.3) is 5.91 Å². The van der Waals surface area contributed by atoms with Gasteiger partial charge in [-0.2, -0.15) is 5.26 Å². The number of primary amides is 1. The van der Waals surface area contributed by atoms with E-state index in [2.05, 4.69) is 6.07 Å². The fraction of sp³-hybridized carbons (Fsp3) is 0.500. The molecule has 1 saturated heterocycles. The second-order valence-corrected chi connectivity index (χ2v) is 5.66. The molecule has 0 radical (unpaired) electrons. The van der Waals surface area contributed by atoms with E-state index < -0.39 is 5.91 Å². The van der Waals surface area contributed by atoms with Crippen LogP contribution in [-0.4, -0.2) is 31.2 Å². The fourth-order valence-electron chi connectivity index (χ4n) is 2.29. The van der Waals surface area contributed by atoms with Crippen molar-refractivity contribution in [3.8, 4) is 6.07 Å². The number of ether oxygens (including phenoxy) is 1. The van der Waals surface area contributed by atoms with Gasteiger partial charge >= 0.3 is 0 Å². The summed E-state index contributed by atoms with van der Waals surface area (Å²) in [7, 11) is 0. The van der Waals surface area contributed by atoms with Gasteiger partial charge in [0, 0.05) is 13.1 Å². The first kappa shape index (κ1) is 13.6. The van der Waals surface area contributed by atoms with E-state index in [1.54, 1.807) is 0 Å². The molecule has 0 aliphatic carbocycles. The van der Waals surface area contributed by atoms with Crippen molar-refractivity contribution in [3.05, 3.63) is 10.4 Å². The lowest BCUT2D eigenvalue weighted by Crippen LogP contribution is -2.45. The van der Waals surface area contributed by atoms with Crippen LogP contribution >= 0.6 is 11.3 Å². The van der Waals surface area contributed by atoms with E-state index in [4.69, 9.17) is 16.2 Å². The van der Waals surface area contributed by atoms with Gasteiger partial charge in [-0.25, -0.2) is 0 Å². The highest BCUT2D eigenvalue weighted by molar-refractivity contribution is 7.19. The number of thiophene rings is 1. The summed E-state index contributed by atoms with van der Waals surface area (Å²) in [6.07, 6.45) is 0.131. The van der Waals surface area contributed by atoms with Crippen LogP contribution in [-0.2, 0) is 4.74 Å². The summed E-state index contributed by atoms with van der Waals surface area (Å²) in [5.41, 5.74) is 11.6. The average Bonchev–Trinajstić information content (AvgIpc) is 2.65. The predicted molar refractivity (Wildman–Crippen MR) is 74.2 cm³/mol. The Balaban J connectivity index is 2.42. The van der Waals surface area contributed by atoms with Crippen LogP contribution in [0.15, 0.2) is 0 Å². The molecule has 1 aliphatic heterocycles. The van der Waals surface area contributed by atoms with Gasteiger partial charge in [0.05, 0.1) is 17.9 Å². The SMILES string of the molecule is C[C@@H]1CN(c2sc(C(N)=O)c(N)c2C#N)C[C@H](C)O1. The minimum atomic E-state index is -0.598. The molecule has 102 valence electrons. The van der Waals surface area contributed by atoms with E-state index in [1.165, 1.54) is 11.3 Å². The number of anilines is 2. The highest BCUT2D eigenvalue weighted by Gasteiger charge is 2.28. The average molecular weight is 280 g/mol. The largest absolute Gasteiger partial charge is 0.396 e. The number of carbonyl (C=O) groups is 1. The third-order valence-electron chi connectivity index (χ3n) is 2.97. The highest BCUT2D eigenvalue weighted by atomic mass is 32.1. The van der Waals surface area contributed by atoms with E-state index >= 15 is 0 Å². The van der Waals surface area contributed by atoms with Crippen LogP contribution in [0.5, 0.6) is 0 Å². The maximum Gasteiger partial charge on any atom is 0.261 e. The van der Waals surface area contributed by atoms with Crippen LogP contribution in [0.4, 0.5) is 10.7 Å². The minimum Gasteiger partial charge on any atom is -0.396 e. The Labute approximate surface area is 115 Å². The molecular weight excluding hydrogens is 264 g/mol. The molecule has 1 aliphatic rings. The van der Waals surface area contributed by atoms with Crippen molar-refractivity contribution in [1.29, 1.82) is 5.26 Å². The number of nitriles is 1. The summed E-state index contributed by atoms with van der Waals surface area (Å²) in [5.74, 6) is -0.598. The van der Waals surface area contributed by atoms with E-state index in [1.807, 2.05) is 18.7 Å². The van der Waals surface area contributed by atoms with Gasteiger partial charge in [0.15, 0.2) is 0 Å². The molecule has 4 N–H and O–H groups in total. The molecule has 6 nitrogen and oxygen atoms in total. The van der Waals surface area contributed by atoms with E-state index in [0.29, 0.717) is 23.7 Å². The second kappa shape index (κ2) is 5.07. The van der Waals surface area contributed by atoms with Crippen LogP contribution in [0.3, 0.4) is 0 Å². The molecule has 0 saturated carbocycles. The number of hydrogen-bond acceptors (Lipinski definition) is 6. The van der Waals surface area contributed by atoms with Crippen LogP contribution in [0, 0.1) is 11.3 Å². The maximum absolute atomic E-state index is 11.3. The van der Waals surface area contributed by atoms with Crippen molar-refractivity contribution < 1.29 is 9.53 Å². The lowest BCUT2D eigenvalue weighted by Gasteiger charge is -2.36. The molecule has 1 aromatic rings. The molecular formula is C12H16N4O2S. The summed E-state index contributed by atoms with van der Waals surface area (Å²) in [4.78, 5) is 13.6. The van der Waals surface area contributed by atoms with Crippen LogP contribution in [0.2, 0.25) is 0 Å². The fourth-order valence-corrected chi connectivity index (χ4v) is 3.33. The third-order valence-corrected chi connectivity index (χ3v) is 4.25. The Morgan fingerprint density at radius 2 is 2.05 bits per heavy atom. The lowest BCUT2D eigenvalue weighted by atomic mass is 10.2. The smallest absolute Gasteiger partial charge is 0.261 e.